The van der Waals surface area contributed by atoms with Gasteiger partial charge in [-0.3, -0.25) is 0 Å². The largest absolute Gasteiger partial charge is 0.322 e. The molecule has 0 aromatic heterocycles. The standard InChI is InChI=1S/C9H13N3/c1-11-12-7-9(10)8-5-3-2-4-6-8/h2-6,9H,7,10H2,1H3. The summed E-state index contributed by atoms with van der Waals surface area (Å²) in [6, 6.07) is 9.87. The minimum Gasteiger partial charge on any atom is -0.322 e. The van der Waals surface area contributed by atoms with Crippen LogP contribution in [-0.2, 0) is 0 Å². The number of azo groups is 1. The Hall–Kier alpha value is -1.22. The molecule has 0 spiro atoms. The van der Waals surface area contributed by atoms with Crippen LogP contribution in [0.15, 0.2) is 40.6 Å². The van der Waals surface area contributed by atoms with E-state index in [-0.39, 0.29) is 6.04 Å². The molecule has 0 aliphatic rings. The molecule has 2 N–H and O–H groups in total. The van der Waals surface area contributed by atoms with E-state index in [0.717, 1.165) is 5.56 Å². The second-order valence-corrected chi connectivity index (χ2v) is 2.54. The molecule has 1 aromatic rings. The summed E-state index contributed by atoms with van der Waals surface area (Å²) < 4.78 is 0. The van der Waals surface area contributed by atoms with Crippen LogP contribution in [0.2, 0.25) is 0 Å². The van der Waals surface area contributed by atoms with Crippen LogP contribution in [0, 0.1) is 0 Å². The quantitative estimate of drug-likeness (QED) is 0.678. The predicted molar refractivity (Wildman–Crippen MR) is 49.0 cm³/mol. The van der Waals surface area contributed by atoms with Crippen molar-refractivity contribution in [3.8, 4) is 0 Å². The smallest absolute Gasteiger partial charge is 0.0791 e. The van der Waals surface area contributed by atoms with Gasteiger partial charge in [0.2, 0.25) is 0 Å². The van der Waals surface area contributed by atoms with Crippen LogP contribution in [0.1, 0.15) is 11.6 Å². The van der Waals surface area contributed by atoms with Crippen LogP contribution in [0.5, 0.6) is 0 Å². The first-order valence-corrected chi connectivity index (χ1v) is 3.90. The number of hydrogen-bond donors (Lipinski definition) is 1. The Labute approximate surface area is 72.3 Å². The van der Waals surface area contributed by atoms with Crippen LogP contribution < -0.4 is 5.73 Å². The van der Waals surface area contributed by atoms with E-state index in [2.05, 4.69) is 10.2 Å². The lowest BCUT2D eigenvalue weighted by Gasteiger charge is -2.06. The van der Waals surface area contributed by atoms with Gasteiger partial charge in [-0.25, -0.2) is 0 Å². The molecule has 0 heterocycles. The molecule has 0 bridgehead atoms. The Bertz CT molecular complexity index is 243. The summed E-state index contributed by atoms with van der Waals surface area (Å²) in [4.78, 5) is 0. The van der Waals surface area contributed by atoms with Gasteiger partial charge in [0.25, 0.3) is 0 Å². The van der Waals surface area contributed by atoms with E-state index in [1.807, 2.05) is 30.3 Å². The molecule has 0 saturated heterocycles. The second-order valence-electron chi connectivity index (χ2n) is 2.54. The molecule has 1 atom stereocenters. The van der Waals surface area contributed by atoms with Crippen molar-refractivity contribution in [2.45, 2.75) is 6.04 Å². The molecule has 1 aromatic carbocycles. The lowest BCUT2D eigenvalue weighted by atomic mass is 10.1. The molecular weight excluding hydrogens is 150 g/mol. The highest BCUT2D eigenvalue weighted by Gasteiger charge is 2.02. The molecule has 12 heavy (non-hydrogen) atoms. The summed E-state index contributed by atoms with van der Waals surface area (Å²) in [6.45, 7) is 0.556. The molecule has 0 radical (unpaired) electrons. The minimum atomic E-state index is -0.0325. The van der Waals surface area contributed by atoms with Gasteiger partial charge in [-0.2, -0.15) is 10.2 Å². The van der Waals surface area contributed by atoms with Gasteiger partial charge in [0.1, 0.15) is 0 Å². The van der Waals surface area contributed by atoms with Gasteiger partial charge in [-0.05, 0) is 5.56 Å². The molecule has 0 amide bonds. The summed E-state index contributed by atoms with van der Waals surface area (Å²) in [5, 5.41) is 7.49. The van der Waals surface area contributed by atoms with Gasteiger partial charge in [-0.15, -0.1) is 0 Å². The van der Waals surface area contributed by atoms with Crippen molar-refractivity contribution < 1.29 is 0 Å². The Balaban J connectivity index is 2.59. The average Bonchev–Trinajstić information content (AvgIpc) is 2.15. The Morgan fingerprint density at radius 2 is 2.00 bits per heavy atom. The molecule has 3 nitrogen and oxygen atoms in total. The molecule has 0 aliphatic heterocycles. The Morgan fingerprint density at radius 3 is 2.58 bits per heavy atom. The summed E-state index contributed by atoms with van der Waals surface area (Å²) in [6.07, 6.45) is 0. The summed E-state index contributed by atoms with van der Waals surface area (Å²) in [7, 11) is 1.65. The van der Waals surface area contributed by atoms with E-state index in [0.29, 0.717) is 6.54 Å². The van der Waals surface area contributed by atoms with Crippen LogP contribution in [0.25, 0.3) is 0 Å². The van der Waals surface area contributed by atoms with Crippen molar-refractivity contribution in [1.82, 2.24) is 0 Å². The fourth-order valence-electron chi connectivity index (χ4n) is 0.975. The van der Waals surface area contributed by atoms with E-state index in [1.54, 1.807) is 7.05 Å². The number of nitrogens with two attached hydrogens (primary N) is 1. The fraction of sp³-hybridized carbons (Fsp3) is 0.333. The third kappa shape index (κ3) is 2.43. The third-order valence-corrected chi connectivity index (χ3v) is 1.65. The molecule has 1 unspecified atom stereocenters. The first kappa shape index (κ1) is 8.87. The van der Waals surface area contributed by atoms with E-state index in [4.69, 9.17) is 5.73 Å². The van der Waals surface area contributed by atoms with Crippen molar-refractivity contribution in [2.75, 3.05) is 13.6 Å². The van der Waals surface area contributed by atoms with Crippen molar-refractivity contribution in [3.63, 3.8) is 0 Å². The van der Waals surface area contributed by atoms with E-state index >= 15 is 0 Å². The first-order valence-electron chi connectivity index (χ1n) is 3.90. The Kier molecular flexibility index (Phi) is 3.41. The Morgan fingerprint density at radius 1 is 1.33 bits per heavy atom. The number of rotatable bonds is 3. The van der Waals surface area contributed by atoms with Gasteiger partial charge in [0, 0.05) is 7.05 Å². The van der Waals surface area contributed by atoms with E-state index in [9.17, 15) is 0 Å². The zero-order chi connectivity index (χ0) is 8.81. The summed E-state index contributed by atoms with van der Waals surface area (Å²) >= 11 is 0. The van der Waals surface area contributed by atoms with Gasteiger partial charge < -0.3 is 5.73 Å². The van der Waals surface area contributed by atoms with Gasteiger partial charge in [-0.1, -0.05) is 30.3 Å². The van der Waals surface area contributed by atoms with Gasteiger partial charge in [0.15, 0.2) is 0 Å². The molecule has 0 fully saturated rings. The van der Waals surface area contributed by atoms with Crippen LogP contribution >= 0.6 is 0 Å². The topological polar surface area (TPSA) is 50.7 Å². The normalized spacial score (nSPS) is 13.5. The van der Waals surface area contributed by atoms with Crippen LogP contribution in [0.3, 0.4) is 0 Å². The van der Waals surface area contributed by atoms with E-state index in [1.165, 1.54) is 0 Å². The first-order chi connectivity index (χ1) is 5.84. The maximum absolute atomic E-state index is 5.83. The maximum Gasteiger partial charge on any atom is 0.0791 e. The van der Waals surface area contributed by atoms with Crippen molar-refractivity contribution in [2.24, 2.45) is 16.0 Å². The molecule has 0 saturated carbocycles. The van der Waals surface area contributed by atoms with Crippen LogP contribution in [0.4, 0.5) is 0 Å². The molecular formula is C9H13N3. The molecule has 64 valence electrons. The average molecular weight is 163 g/mol. The van der Waals surface area contributed by atoms with Crippen molar-refractivity contribution in [1.29, 1.82) is 0 Å². The number of hydrogen-bond acceptors (Lipinski definition) is 3. The maximum atomic E-state index is 5.83. The van der Waals surface area contributed by atoms with Crippen molar-refractivity contribution >= 4 is 0 Å². The molecule has 0 aliphatic carbocycles. The highest BCUT2D eigenvalue weighted by atomic mass is 15.1. The second kappa shape index (κ2) is 4.62. The van der Waals surface area contributed by atoms with Crippen molar-refractivity contribution in [3.05, 3.63) is 35.9 Å². The molecule has 1 rings (SSSR count). The predicted octanol–water partition coefficient (Wildman–Crippen LogP) is 1.77. The zero-order valence-electron chi connectivity index (χ0n) is 7.14. The fourth-order valence-corrected chi connectivity index (χ4v) is 0.975. The lowest BCUT2D eigenvalue weighted by molar-refractivity contribution is 0.710. The van der Waals surface area contributed by atoms with Gasteiger partial charge in [0.05, 0.1) is 12.6 Å². The lowest BCUT2D eigenvalue weighted by Crippen LogP contribution is -2.12. The third-order valence-electron chi connectivity index (χ3n) is 1.65. The number of nitrogens with zero attached hydrogens (tertiary/aromatic N) is 2. The monoisotopic (exact) mass is 163 g/mol. The summed E-state index contributed by atoms with van der Waals surface area (Å²) in [5.74, 6) is 0. The SMILES string of the molecule is CN=NCC(N)c1ccccc1. The minimum absolute atomic E-state index is 0.0325. The zero-order valence-corrected chi connectivity index (χ0v) is 7.14. The van der Waals surface area contributed by atoms with E-state index < -0.39 is 0 Å². The number of benzene rings is 1. The molecule has 3 heteroatoms. The van der Waals surface area contributed by atoms with Gasteiger partial charge >= 0.3 is 0 Å². The summed E-state index contributed by atoms with van der Waals surface area (Å²) in [5.41, 5.74) is 6.93. The highest BCUT2D eigenvalue weighted by molar-refractivity contribution is 5.18. The highest BCUT2D eigenvalue weighted by Crippen LogP contribution is 2.08. The van der Waals surface area contributed by atoms with Crippen LogP contribution in [-0.4, -0.2) is 13.6 Å².